The predicted octanol–water partition coefficient (Wildman–Crippen LogP) is 4.12. The minimum Gasteiger partial charge on any atom is -0.372 e. The lowest BCUT2D eigenvalue weighted by molar-refractivity contribution is 0.553. The molecule has 8 nitrogen and oxygen atoms in total. The second-order valence-electron chi connectivity index (χ2n) is 7.40. The number of nitrogens with zero attached hydrogens (tertiary/aromatic N) is 6. The van der Waals surface area contributed by atoms with Crippen LogP contribution < -0.4 is 4.90 Å². The average Bonchev–Trinajstić information content (AvgIpc) is 3.01. The molecule has 1 heterocycles. The zero-order chi connectivity index (χ0) is 21.1. The van der Waals surface area contributed by atoms with E-state index in [-0.39, 0.29) is 11.4 Å². The maximum absolute atomic E-state index is 12.1. The first-order valence-corrected chi connectivity index (χ1v) is 10.9. The third kappa shape index (κ3) is 4.57. The molecule has 1 aromatic heterocycles. The van der Waals surface area contributed by atoms with Crippen LogP contribution in [-0.4, -0.2) is 36.9 Å². The van der Waals surface area contributed by atoms with Crippen LogP contribution in [0.25, 0.3) is 0 Å². The van der Waals surface area contributed by atoms with Gasteiger partial charge in [-0.15, -0.1) is 14.3 Å². The molecule has 28 heavy (non-hydrogen) atoms. The quantitative estimate of drug-likeness (QED) is 0.676. The van der Waals surface area contributed by atoms with Gasteiger partial charge in [-0.3, -0.25) is 0 Å². The van der Waals surface area contributed by atoms with Crippen LogP contribution in [0, 0.1) is 11.3 Å². The Balaban J connectivity index is 2.51. The third-order valence-corrected chi connectivity index (χ3v) is 5.09. The molecule has 0 radical (unpaired) electrons. The van der Waals surface area contributed by atoms with Crippen LogP contribution in [0.5, 0.6) is 0 Å². The molecular weight excluding hydrogens is 376 g/mol. The van der Waals surface area contributed by atoms with E-state index in [9.17, 15) is 13.7 Å². The van der Waals surface area contributed by atoms with E-state index in [1.165, 1.54) is 0 Å². The van der Waals surface area contributed by atoms with Crippen molar-refractivity contribution in [3.8, 4) is 6.07 Å². The number of rotatable bonds is 6. The molecule has 0 N–H and O–H groups in total. The van der Waals surface area contributed by atoms with Crippen molar-refractivity contribution < 1.29 is 8.42 Å². The van der Waals surface area contributed by atoms with Gasteiger partial charge in [-0.1, -0.05) is 20.8 Å². The molecule has 2 aromatic rings. The highest BCUT2D eigenvalue weighted by Gasteiger charge is 2.30. The third-order valence-electron chi connectivity index (χ3n) is 4.21. The molecule has 0 saturated heterocycles. The molecule has 0 fully saturated rings. The van der Waals surface area contributed by atoms with Crippen molar-refractivity contribution in [2.24, 2.45) is 10.2 Å². The lowest BCUT2D eigenvalue weighted by atomic mass is 9.90. The van der Waals surface area contributed by atoms with E-state index in [1.54, 1.807) is 12.1 Å². The van der Waals surface area contributed by atoms with Gasteiger partial charge in [0.15, 0.2) is 0 Å². The van der Waals surface area contributed by atoms with E-state index in [0.29, 0.717) is 11.4 Å². The number of hydrogen-bond donors (Lipinski definition) is 0. The summed E-state index contributed by atoms with van der Waals surface area (Å²) in [6.07, 6.45) is 1.02. The van der Waals surface area contributed by atoms with Gasteiger partial charge in [-0.25, -0.2) is 8.42 Å². The molecule has 2 rings (SSSR count). The molecular formula is C19H26N6O2S. The number of nitriles is 1. The summed E-state index contributed by atoms with van der Waals surface area (Å²) < 4.78 is 25.1. The Bertz CT molecular complexity index is 1000. The maximum Gasteiger partial charge on any atom is 0.252 e. The molecule has 150 valence electrons. The Morgan fingerprint density at radius 2 is 1.71 bits per heavy atom. The minimum atomic E-state index is -3.74. The van der Waals surface area contributed by atoms with E-state index in [2.05, 4.69) is 34.1 Å². The van der Waals surface area contributed by atoms with Crippen molar-refractivity contribution in [2.45, 2.75) is 40.0 Å². The topological polar surface area (TPSA) is 104 Å². The molecule has 9 heteroatoms. The molecule has 0 unspecified atom stereocenters. The lowest BCUT2D eigenvalue weighted by Crippen LogP contribution is -2.21. The fraction of sp³-hybridized carbons (Fsp3) is 0.474. The van der Waals surface area contributed by atoms with Gasteiger partial charge in [0, 0.05) is 24.2 Å². The molecule has 0 amide bonds. The van der Waals surface area contributed by atoms with Gasteiger partial charge in [-0.05, 0) is 38.1 Å². The van der Waals surface area contributed by atoms with E-state index < -0.39 is 15.4 Å². The zero-order valence-electron chi connectivity index (χ0n) is 17.1. The summed E-state index contributed by atoms with van der Waals surface area (Å²) in [5, 5.41) is 21.9. The second kappa shape index (κ2) is 8.10. The summed E-state index contributed by atoms with van der Waals surface area (Å²) in [7, 11) is -3.74. The minimum absolute atomic E-state index is 0.0808. The van der Waals surface area contributed by atoms with Crippen molar-refractivity contribution in [2.75, 3.05) is 24.2 Å². The Labute approximate surface area is 166 Å². The number of hydrogen-bond acceptors (Lipinski definition) is 7. The summed E-state index contributed by atoms with van der Waals surface area (Å²) in [5.41, 5.74) is 1.58. The smallest absolute Gasteiger partial charge is 0.252 e. The number of azo groups is 1. The van der Waals surface area contributed by atoms with Crippen LogP contribution in [0.4, 0.5) is 17.2 Å². The van der Waals surface area contributed by atoms with Gasteiger partial charge in [-0.2, -0.15) is 10.4 Å². The van der Waals surface area contributed by atoms with Gasteiger partial charge in [0.1, 0.15) is 11.6 Å². The predicted molar refractivity (Wildman–Crippen MR) is 110 cm³/mol. The SMILES string of the molecule is CCN(CC)c1ccc(/N=N/c2c(C#N)c(C(C)(C)C)nn2S(C)(=O)=O)cc1. The fourth-order valence-electron chi connectivity index (χ4n) is 2.76. The Morgan fingerprint density at radius 1 is 1.14 bits per heavy atom. The molecule has 0 atom stereocenters. The van der Waals surface area contributed by atoms with Crippen LogP contribution in [0.2, 0.25) is 0 Å². The summed E-state index contributed by atoms with van der Waals surface area (Å²) >= 11 is 0. The zero-order valence-corrected chi connectivity index (χ0v) is 17.9. The first-order chi connectivity index (χ1) is 13.0. The van der Waals surface area contributed by atoms with Crippen LogP contribution in [-0.2, 0) is 15.4 Å². The molecule has 0 spiro atoms. The molecule has 1 aromatic carbocycles. The van der Waals surface area contributed by atoms with Gasteiger partial charge in [0.25, 0.3) is 10.0 Å². The van der Waals surface area contributed by atoms with Crippen molar-refractivity contribution >= 4 is 27.2 Å². The van der Waals surface area contributed by atoms with Gasteiger partial charge >= 0.3 is 0 Å². The largest absolute Gasteiger partial charge is 0.372 e. The summed E-state index contributed by atoms with van der Waals surface area (Å²) in [6.45, 7) is 11.5. The highest BCUT2D eigenvalue weighted by molar-refractivity contribution is 7.89. The number of aromatic nitrogens is 2. The highest BCUT2D eigenvalue weighted by atomic mass is 32.2. The fourth-order valence-corrected chi connectivity index (χ4v) is 3.43. The standard InChI is InChI=1S/C19H26N6O2S/c1-7-24(8-2)15-11-9-14(10-12-15)21-22-18-16(13-20)17(19(3,4)5)23-25(18)28(6,26)27/h9-12H,7-8H2,1-6H3/b22-21+. The van der Waals surface area contributed by atoms with E-state index in [1.807, 2.05) is 39.0 Å². The monoisotopic (exact) mass is 402 g/mol. The van der Waals surface area contributed by atoms with Crippen LogP contribution in [0.15, 0.2) is 34.5 Å². The van der Waals surface area contributed by atoms with E-state index >= 15 is 0 Å². The van der Waals surface area contributed by atoms with Gasteiger partial charge in [0.05, 0.1) is 17.6 Å². The Morgan fingerprint density at radius 3 is 2.14 bits per heavy atom. The Hall–Kier alpha value is -2.73. The second-order valence-corrected chi connectivity index (χ2v) is 9.22. The van der Waals surface area contributed by atoms with Crippen molar-refractivity contribution in [3.05, 3.63) is 35.5 Å². The van der Waals surface area contributed by atoms with Crippen molar-refractivity contribution in [1.82, 2.24) is 9.19 Å². The number of benzene rings is 1. The van der Waals surface area contributed by atoms with Crippen LogP contribution in [0.3, 0.4) is 0 Å². The molecule has 0 saturated carbocycles. The summed E-state index contributed by atoms with van der Waals surface area (Å²) in [4.78, 5) is 2.20. The lowest BCUT2D eigenvalue weighted by Gasteiger charge is -2.20. The van der Waals surface area contributed by atoms with E-state index in [0.717, 1.165) is 29.1 Å². The molecule has 0 aliphatic rings. The van der Waals surface area contributed by atoms with Gasteiger partial charge in [0.2, 0.25) is 5.82 Å². The first-order valence-electron chi connectivity index (χ1n) is 9.03. The molecule has 0 aliphatic carbocycles. The average molecular weight is 403 g/mol. The maximum atomic E-state index is 12.1. The summed E-state index contributed by atoms with van der Waals surface area (Å²) in [5.74, 6) is -0.0808. The van der Waals surface area contributed by atoms with E-state index in [4.69, 9.17) is 0 Å². The van der Waals surface area contributed by atoms with Crippen LogP contribution in [0.1, 0.15) is 45.9 Å². The highest BCUT2D eigenvalue weighted by Crippen LogP contribution is 2.33. The van der Waals surface area contributed by atoms with Crippen molar-refractivity contribution in [1.29, 1.82) is 5.26 Å². The molecule has 0 aliphatic heterocycles. The molecule has 0 bridgehead atoms. The van der Waals surface area contributed by atoms with Gasteiger partial charge < -0.3 is 4.90 Å². The Kier molecular flexibility index (Phi) is 6.24. The number of anilines is 1. The summed E-state index contributed by atoms with van der Waals surface area (Å²) in [6, 6.07) is 9.49. The normalized spacial score (nSPS) is 12.3. The first kappa shape index (κ1) is 21.6. The van der Waals surface area contributed by atoms with Crippen LogP contribution >= 0.6 is 0 Å². The van der Waals surface area contributed by atoms with Crippen molar-refractivity contribution in [3.63, 3.8) is 0 Å².